The van der Waals surface area contributed by atoms with Gasteiger partial charge in [0.05, 0.1) is 6.54 Å². The molecule has 0 bridgehead atoms. The van der Waals surface area contributed by atoms with Crippen molar-refractivity contribution in [3.8, 4) is 0 Å². The molecule has 7 heteroatoms. The van der Waals surface area contributed by atoms with Crippen molar-refractivity contribution in [3.05, 3.63) is 0 Å². The Hall–Kier alpha value is -2.59. The van der Waals surface area contributed by atoms with Crippen LogP contribution in [0.2, 0.25) is 0 Å². The van der Waals surface area contributed by atoms with E-state index in [4.69, 9.17) is 5.11 Å². The summed E-state index contributed by atoms with van der Waals surface area (Å²) in [5, 5.41) is 12.4. The summed E-state index contributed by atoms with van der Waals surface area (Å²) >= 11 is 0. The van der Waals surface area contributed by atoms with Crippen molar-refractivity contribution in [2.75, 3.05) is 13.1 Å². The van der Waals surface area contributed by atoms with Gasteiger partial charge >= 0.3 is 5.97 Å². The second-order valence-corrected chi connectivity index (χ2v) is 3.96. The van der Waals surface area contributed by atoms with E-state index in [2.05, 4.69) is 5.32 Å². The maximum Gasteiger partial charge on any atom is 0.320 e. The van der Waals surface area contributed by atoms with E-state index < -0.39 is 5.97 Å². The van der Waals surface area contributed by atoms with Crippen LogP contribution in [0.3, 0.4) is 0 Å². The molecule has 2 amide bonds. The molecule has 0 aliphatic rings. The summed E-state index contributed by atoms with van der Waals surface area (Å²) in [4.78, 5) is 29.7. The maximum atomic E-state index is 11.0. The van der Waals surface area contributed by atoms with Crippen LogP contribution in [0.25, 0.3) is 0 Å². The summed E-state index contributed by atoms with van der Waals surface area (Å²) in [6.07, 6.45) is 1.22. The molecule has 0 aromatic heterocycles. The third-order valence-electron chi connectivity index (χ3n) is 1.33. The number of amides is 2. The van der Waals surface area contributed by atoms with Gasteiger partial charge in [-0.3, -0.25) is 9.59 Å². The van der Waals surface area contributed by atoms with E-state index in [-0.39, 0.29) is 17.9 Å². The number of hydrogen-bond donors (Lipinski definition) is 3. The maximum absolute atomic E-state index is 11.0. The molecule has 0 saturated heterocycles. The fraction of sp³-hybridized carbons (Fsp3) is 0.700. The molecule has 0 aromatic carbocycles. The van der Waals surface area contributed by atoms with Gasteiger partial charge < -0.3 is 20.5 Å². The van der Waals surface area contributed by atoms with Gasteiger partial charge in [-0.1, -0.05) is 20.8 Å². The molecule has 0 heterocycles. The Bertz CT molecular complexity index is 239. The van der Waals surface area contributed by atoms with Crippen molar-refractivity contribution in [2.24, 2.45) is 5.41 Å². The zero-order valence-electron chi connectivity index (χ0n) is 10.4. The zero-order valence-corrected chi connectivity index (χ0v) is 12.8. The summed E-state index contributed by atoms with van der Waals surface area (Å²) in [6.45, 7) is 7.98. The normalized spacial score (nSPS) is 8.94. The Morgan fingerprint density at radius 2 is 1.76 bits per heavy atom. The molecule has 0 aliphatic heterocycles. The van der Waals surface area contributed by atoms with Crippen molar-refractivity contribution >= 4 is 18.3 Å². The van der Waals surface area contributed by atoms with Gasteiger partial charge in [-0.2, -0.15) is 6.41 Å². The summed E-state index contributed by atoms with van der Waals surface area (Å²) in [5.74, 6) is -0.951. The van der Waals surface area contributed by atoms with Gasteiger partial charge in [-0.05, 0) is 6.92 Å². The van der Waals surface area contributed by atoms with E-state index in [1.807, 2.05) is 33.0 Å². The van der Waals surface area contributed by atoms with Crippen molar-refractivity contribution < 1.29 is 19.5 Å². The molecular formula is C10H19FmN2O4-. The Kier molecular flexibility index (Phi) is 11.6. The van der Waals surface area contributed by atoms with Crippen LogP contribution in [-0.2, 0) is 14.4 Å². The molecule has 3 N–H and O–H groups in total. The van der Waals surface area contributed by atoms with Crippen molar-refractivity contribution in [3.63, 3.8) is 0 Å². The van der Waals surface area contributed by atoms with Gasteiger partial charge in [0.25, 0.3) is 0 Å². The van der Waals surface area contributed by atoms with E-state index in [0.717, 1.165) is 6.54 Å². The molecule has 0 saturated carbocycles. The number of carbonyl (C=O) groups excluding carboxylic acids is 2. The average Bonchev–Trinajstić information content (AvgIpc) is 2.14. The van der Waals surface area contributed by atoms with Crippen LogP contribution >= 0.6 is 0 Å². The van der Waals surface area contributed by atoms with E-state index >= 15 is 0 Å². The minimum atomic E-state index is -1.07. The molecule has 0 atom stereocenters. The van der Waals surface area contributed by atoms with E-state index in [9.17, 15) is 14.4 Å². The molecule has 0 spiro atoms. The first kappa shape index (κ1) is 19.9. The fourth-order valence-electron chi connectivity index (χ4n) is 0.537. The second kappa shape index (κ2) is 9.95. The second-order valence-electron chi connectivity index (χ2n) is 3.96. The monoisotopic (exact) mass is 488 g/mol. The number of aliphatic carboxylic acids is 1. The number of rotatable bonds is 4. The van der Waals surface area contributed by atoms with Crippen molar-refractivity contribution in [2.45, 2.75) is 27.7 Å². The van der Waals surface area contributed by atoms with E-state index in [1.165, 1.54) is 6.41 Å². The summed E-state index contributed by atoms with van der Waals surface area (Å²) in [6, 6.07) is 0. The molecule has 0 aromatic rings. The van der Waals surface area contributed by atoms with Gasteiger partial charge in [-0.25, -0.2) is 0 Å². The number of nitrogens with one attached hydrogen (secondary N) is 2. The van der Waals surface area contributed by atoms with E-state index in [0.29, 0.717) is 0 Å². The molecule has 0 radical (unpaired) electrons. The third kappa shape index (κ3) is 16.1. The Balaban J connectivity index is -0.000000224. The number of hydrogen-bond acceptors (Lipinski definition) is 3. The standard InChI is InChI=1S/C7H15NO.C3H4NO3.Fm/c1-5-8-6(9)7(2,3)4;5-2-4-1-3(6)7;/h5H2,1-4H3,(H,8,9);1H2,(H,4,5)(H,6,7);/q;-1;. The minimum Gasteiger partial charge on any atom is -0.521 e. The molecule has 17 heavy (non-hydrogen) atoms. The number of carboxylic acid groups (broad SMARTS) is 1. The van der Waals surface area contributed by atoms with Gasteiger partial charge in [0.15, 0.2) is 0 Å². The van der Waals surface area contributed by atoms with Crippen LogP contribution in [0, 0.1) is 5.41 Å². The predicted molar refractivity (Wildman–Crippen MR) is 59.5 cm³/mol. The van der Waals surface area contributed by atoms with E-state index in [1.54, 1.807) is 0 Å². The first-order valence-corrected chi connectivity index (χ1v) is 4.85. The zero-order chi connectivity index (χ0) is 13.2. The molecular weight excluding hydrogens is 469 g/mol. The van der Waals surface area contributed by atoms with Crippen LogP contribution in [0.5, 0.6) is 0 Å². The summed E-state index contributed by atoms with van der Waals surface area (Å²) in [7, 11) is 0. The van der Waals surface area contributed by atoms with Crippen LogP contribution in [-0.4, -0.2) is 36.5 Å². The Morgan fingerprint density at radius 3 is 1.88 bits per heavy atom. The van der Waals surface area contributed by atoms with Crippen molar-refractivity contribution in [1.29, 1.82) is 0 Å². The molecule has 0 rings (SSSR count). The van der Waals surface area contributed by atoms with Crippen LogP contribution in [0.4, 0.5) is 0 Å². The third-order valence-corrected chi connectivity index (χ3v) is 1.33. The first-order chi connectivity index (χ1) is 7.25. The topological polar surface area (TPSA) is 95.5 Å². The van der Waals surface area contributed by atoms with Crippen LogP contribution in [0.1, 0.15) is 27.7 Å². The first-order valence-electron chi connectivity index (χ1n) is 4.85. The number of carboxylic acids is 1. The quantitative estimate of drug-likeness (QED) is 0.381. The largest absolute Gasteiger partial charge is 0.521 e. The molecule has 0 aliphatic carbocycles. The van der Waals surface area contributed by atoms with Gasteiger partial charge in [-0.15, -0.1) is 0 Å². The average molecular weight is 488 g/mol. The Morgan fingerprint density at radius 1 is 1.29 bits per heavy atom. The molecule has 6 nitrogen and oxygen atoms in total. The van der Waals surface area contributed by atoms with Crippen LogP contribution < -0.4 is 10.6 Å². The summed E-state index contributed by atoms with van der Waals surface area (Å²) in [5.41, 5.74) is -0.240. The molecule has 0 fully saturated rings. The molecule has 106 valence electrons. The minimum absolute atomic E-state index is 0. The Labute approximate surface area is 95.4 Å². The van der Waals surface area contributed by atoms with Gasteiger partial charge in [0.1, 0.15) is 0 Å². The van der Waals surface area contributed by atoms with Gasteiger partial charge in [0.2, 0.25) is 5.91 Å². The number of carbonyl (C=O) groups is 2. The smallest absolute Gasteiger partial charge is 0.320 e. The predicted octanol–water partition coefficient (Wildman–Crippen LogP) is -0.104. The van der Waals surface area contributed by atoms with Gasteiger partial charge in [0, 0.05) is 12.0 Å². The summed E-state index contributed by atoms with van der Waals surface area (Å²) < 4.78 is 0. The fourth-order valence-corrected chi connectivity index (χ4v) is 0.537. The molecule has 0 unspecified atom stereocenters. The SMILES string of the molecule is CCNC(=O)C(C)(C)C.O=[C-]NCC(=O)O.[Fm]. The van der Waals surface area contributed by atoms with Crippen LogP contribution in [0.15, 0.2) is 0 Å². The van der Waals surface area contributed by atoms with Crippen molar-refractivity contribution in [1.82, 2.24) is 10.6 Å².